The van der Waals surface area contributed by atoms with Gasteiger partial charge in [0.1, 0.15) is 5.69 Å². The molecule has 142 valence electrons. The van der Waals surface area contributed by atoms with Crippen LogP contribution in [-0.2, 0) is 4.79 Å². The van der Waals surface area contributed by atoms with Crippen LogP contribution in [0, 0.1) is 5.92 Å². The second-order valence-corrected chi connectivity index (χ2v) is 6.58. The third-order valence-corrected chi connectivity index (χ3v) is 3.73. The van der Waals surface area contributed by atoms with E-state index in [-0.39, 0.29) is 17.5 Å². The highest BCUT2D eigenvalue weighted by Gasteiger charge is 2.12. The number of nitrogens with one attached hydrogen (secondary N) is 3. The van der Waals surface area contributed by atoms with Gasteiger partial charge >= 0.3 is 0 Å². The van der Waals surface area contributed by atoms with Crippen LogP contribution < -0.4 is 16.0 Å². The summed E-state index contributed by atoms with van der Waals surface area (Å²) in [6.45, 7) is 6.18. The first kappa shape index (κ1) is 20.1. The Balaban J connectivity index is 2.00. The minimum absolute atomic E-state index is 0.150. The molecule has 27 heavy (non-hydrogen) atoms. The van der Waals surface area contributed by atoms with Gasteiger partial charge in [-0.3, -0.25) is 19.4 Å². The second kappa shape index (κ2) is 9.47. The van der Waals surface area contributed by atoms with Crippen LogP contribution >= 0.6 is 0 Å². The van der Waals surface area contributed by atoms with Gasteiger partial charge in [0, 0.05) is 36.6 Å². The molecule has 7 heteroatoms. The summed E-state index contributed by atoms with van der Waals surface area (Å²) in [7, 11) is 0. The number of rotatable bonds is 7. The van der Waals surface area contributed by atoms with Crippen LogP contribution in [0.3, 0.4) is 0 Å². The number of pyridine rings is 1. The molecule has 0 bridgehead atoms. The molecule has 3 N–H and O–H groups in total. The van der Waals surface area contributed by atoms with Crippen LogP contribution in [0.15, 0.2) is 42.6 Å². The number of aromatic nitrogens is 1. The average molecular weight is 368 g/mol. The first-order chi connectivity index (χ1) is 12.8. The zero-order valence-electron chi connectivity index (χ0n) is 15.7. The highest BCUT2D eigenvalue weighted by molar-refractivity contribution is 6.04. The highest BCUT2D eigenvalue weighted by atomic mass is 16.2. The van der Waals surface area contributed by atoms with Crippen molar-refractivity contribution in [2.75, 3.05) is 17.2 Å². The molecule has 2 rings (SSSR count). The van der Waals surface area contributed by atoms with Crippen LogP contribution in [0.4, 0.5) is 11.4 Å². The first-order valence-corrected chi connectivity index (χ1v) is 8.78. The van der Waals surface area contributed by atoms with Gasteiger partial charge in [0.05, 0.1) is 0 Å². The number of hydrogen-bond donors (Lipinski definition) is 3. The molecule has 7 nitrogen and oxygen atoms in total. The summed E-state index contributed by atoms with van der Waals surface area (Å²) in [6.07, 6.45) is 2.32. The molecule has 0 atom stereocenters. The minimum Gasteiger partial charge on any atom is -0.352 e. The quantitative estimate of drug-likeness (QED) is 0.699. The lowest BCUT2D eigenvalue weighted by Gasteiger charge is -2.09. The summed E-state index contributed by atoms with van der Waals surface area (Å²) in [4.78, 5) is 39.6. The average Bonchev–Trinajstić information content (AvgIpc) is 2.62. The first-order valence-electron chi connectivity index (χ1n) is 8.78. The van der Waals surface area contributed by atoms with E-state index in [9.17, 15) is 14.4 Å². The number of benzene rings is 1. The van der Waals surface area contributed by atoms with Crippen molar-refractivity contribution in [2.45, 2.75) is 27.2 Å². The monoisotopic (exact) mass is 368 g/mol. The summed E-state index contributed by atoms with van der Waals surface area (Å²) in [6, 6.07) is 9.75. The van der Waals surface area contributed by atoms with Gasteiger partial charge in [-0.25, -0.2) is 0 Å². The summed E-state index contributed by atoms with van der Waals surface area (Å²) in [5.74, 6) is -0.313. The Morgan fingerprint density at radius 1 is 0.963 bits per heavy atom. The number of nitrogens with zero attached hydrogens (tertiary/aromatic N) is 1. The van der Waals surface area contributed by atoms with Crippen molar-refractivity contribution in [1.82, 2.24) is 10.3 Å². The Labute approximate surface area is 158 Å². The smallest absolute Gasteiger partial charge is 0.274 e. The van der Waals surface area contributed by atoms with Crippen molar-refractivity contribution < 1.29 is 14.4 Å². The molecule has 0 aliphatic rings. The molecule has 0 saturated heterocycles. The number of amides is 3. The maximum Gasteiger partial charge on any atom is 0.274 e. The van der Waals surface area contributed by atoms with Crippen molar-refractivity contribution in [3.63, 3.8) is 0 Å². The molecule has 1 aromatic carbocycles. The Hall–Kier alpha value is -3.22. The van der Waals surface area contributed by atoms with Crippen LogP contribution in [0.2, 0.25) is 0 Å². The Morgan fingerprint density at radius 3 is 2.19 bits per heavy atom. The van der Waals surface area contributed by atoms with Crippen molar-refractivity contribution >= 4 is 29.1 Å². The van der Waals surface area contributed by atoms with E-state index in [4.69, 9.17) is 0 Å². The molecule has 0 spiro atoms. The summed E-state index contributed by atoms with van der Waals surface area (Å²) < 4.78 is 0. The van der Waals surface area contributed by atoms with E-state index >= 15 is 0 Å². The lowest BCUT2D eigenvalue weighted by molar-refractivity contribution is -0.114. The van der Waals surface area contributed by atoms with E-state index in [1.54, 1.807) is 30.3 Å². The molecule has 1 aromatic heterocycles. The van der Waals surface area contributed by atoms with E-state index in [1.165, 1.54) is 19.2 Å². The molecule has 2 aromatic rings. The second-order valence-electron chi connectivity index (χ2n) is 6.58. The van der Waals surface area contributed by atoms with E-state index in [1.807, 2.05) is 0 Å². The van der Waals surface area contributed by atoms with Gasteiger partial charge < -0.3 is 16.0 Å². The predicted octanol–water partition coefficient (Wildman–Crippen LogP) is 3.07. The Kier molecular flexibility index (Phi) is 7.05. The topological polar surface area (TPSA) is 100 Å². The molecular weight excluding hydrogens is 344 g/mol. The fourth-order valence-electron chi connectivity index (χ4n) is 2.31. The molecule has 0 radical (unpaired) electrons. The normalized spacial score (nSPS) is 10.4. The fourth-order valence-corrected chi connectivity index (χ4v) is 2.31. The number of anilines is 2. The van der Waals surface area contributed by atoms with Gasteiger partial charge in [0.25, 0.3) is 11.8 Å². The maximum absolute atomic E-state index is 12.4. The summed E-state index contributed by atoms with van der Waals surface area (Å²) in [5.41, 5.74) is 1.73. The molecule has 3 amide bonds. The van der Waals surface area contributed by atoms with Gasteiger partial charge in [-0.05, 0) is 48.7 Å². The molecule has 1 heterocycles. The third kappa shape index (κ3) is 6.54. The van der Waals surface area contributed by atoms with Crippen molar-refractivity contribution in [2.24, 2.45) is 5.92 Å². The van der Waals surface area contributed by atoms with Gasteiger partial charge in [0.15, 0.2) is 0 Å². The van der Waals surface area contributed by atoms with Gasteiger partial charge in [-0.2, -0.15) is 0 Å². The van der Waals surface area contributed by atoms with Crippen molar-refractivity contribution in [3.05, 3.63) is 53.9 Å². The standard InChI is InChI=1S/C20H24N4O3/c1-13(2)8-10-22-19(26)15-9-11-21-18(12-15)20(27)24-17-6-4-16(5-7-17)23-14(3)25/h4-7,9,11-13H,8,10H2,1-3H3,(H,22,26)(H,23,25)(H,24,27). The zero-order valence-corrected chi connectivity index (χ0v) is 15.7. The van der Waals surface area contributed by atoms with Crippen LogP contribution in [0.5, 0.6) is 0 Å². The van der Waals surface area contributed by atoms with E-state index in [2.05, 4.69) is 34.8 Å². The Morgan fingerprint density at radius 2 is 1.59 bits per heavy atom. The third-order valence-electron chi connectivity index (χ3n) is 3.73. The predicted molar refractivity (Wildman–Crippen MR) is 105 cm³/mol. The zero-order chi connectivity index (χ0) is 19.8. The molecule has 0 saturated carbocycles. The SMILES string of the molecule is CC(=O)Nc1ccc(NC(=O)c2cc(C(=O)NCCC(C)C)ccn2)cc1. The van der Waals surface area contributed by atoms with Crippen LogP contribution in [0.25, 0.3) is 0 Å². The maximum atomic E-state index is 12.4. The van der Waals surface area contributed by atoms with E-state index in [0.29, 0.717) is 29.4 Å². The van der Waals surface area contributed by atoms with Crippen LogP contribution in [-0.4, -0.2) is 29.3 Å². The number of hydrogen-bond acceptors (Lipinski definition) is 4. The van der Waals surface area contributed by atoms with Crippen LogP contribution in [0.1, 0.15) is 48.0 Å². The lowest BCUT2D eigenvalue weighted by Crippen LogP contribution is -2.26. The van der Waals surface area contributed by atoms with Gasteiger partial charge in [-0.15, -0.1) is 0 Å². The van der Waals surface area contributed by atoms with Gasteiger partial charge in [-0.1, -0.05) is 13.8 Å². The molecule has 0 aliphatic carbocycles. The Bertz CT molecular complexity index is 816. The molecule has 0 unspecified atom stereocenters. The van der Waals surface area contributed by atoms with E-state index in [0.717, 1.165) is 6.42 Å². The van der Waals surface area contributed by atoms with E-state index < -0.39 is 5.91 Å². The fraction of sp³-hybridized carbons (Fsp3) is 0.300. The summed E-state index contributed by atoms with van der Waals surface area (Å²) >= 11 is 0. The molecule has 0 fully saturated rings. The lowest BCUT2D eigenvalue weighted by atomic mass is 10.1. The number of carbonyl (C=O) groups is 3. The molecular formula is C20H24N4O3. The minimum atomic E-state index is -0.417. The summed E-state index contributed by atoms with van der Waals surface area (Å²) in [5, 5.41) is 8.20. The molecule has 0 aliphatic heterocycles. The van der Waals surface area contributed by atoms with Crippen molar-refractivity contribution in [1.29, 1.82) is 0 Å². The van der Waals surface area contributed by atoms with Gasteiger partial charge in [0.2, 0.25) is 5.91 Å². The largest absolute Gasteiger partial charge is 0.352 e. The van der Waals surface area contributed by atoms with Crippen molar-refractivity contribution in [3.8, 4) is 0 Å². The number of carbonyl (C=O) groups excluding carboxylic acids is 3. The highest BCUT2D eigenvalue weighted by Crippen LogP contribution is 2.14.